The van der Waals surface area contributed by atoms with E-state index in [0.717, 1.165) is 15.8 Å². The van der Waals surface area contributed by atoms with Crippen LogP contribution in [0.25, 0.3) is 9.88 Å². The van der Waals surface area contributed by atoms with E-state index in [1.807, 2.05) is 0 Å². The van der Waals surface area contributed by atoms with Crippen molar-refractivity contribution in [2.45, 2.75) is 12.7 Å². The zero-order chi connectivity index (χ0) is 12.6. The van der Waals surface area contributed by atoms with Crippen LogP contribution in [-0.4, -0.2) is 4.98 Å². The van der Waals surface area contributed by atoms with Crippen molar-refractivity contribution >= 4 is 38.6 Å². The van der Waals surface area contributed by atoms with Gasteiger partial charge >= 0.3 is 6.18 Å². The maximum absolute atomic E-state index is 12.7. The molecule has 0 amide bonds. The molecule has 2 heterocycles. The lowest BCUT2D eigenvalue weighted by Gasteiger charge is -2.03. The second-order valence-electron chi connectivity index (χ2n) is 3.12. The van der Waals surface area contributed by atoms with Crippen LogP contribution in [-0.2, 0) is 12.7 Å². The minimum Gasteiger partial charge on any atom is -0.326 e. The molecule has 92 valence electrons. The molecule has 2 rings (SSSR count). The maximum Gasteiger partial charge on any atom is 0.434 e. The largest absolute Gasteiger partial charge is 0.434 e. The third-order valence-corrected chi connectivity index (χ3v) is 4.87. The predicted molar refractivity (Wildman–Crippen MR) is 66.0 cm³/mol. The summed E-state index contributed by atoms with van der Waals surface area (Å²) in [6, 6.07) is 1.74. The van der Waals surface area contributed by atoms with E-state index in [1.165, 1.54) is 11.3 Å². The van der Waals surface area contributed by atoms with Gasteiger partial charge in [0.15, 0.2) is 5.69 Å². The van der Waals surface area contributed by atoms with Gasteiger partial charge in [-0.2, -0.15) is 13.2 Å². The van der Waals surface area contributed by atoms with Crippen molar-refractivity contribution in [1.29, 1.82) is 0 Å². The fraction of sp³-hybridized carbons (Fsp3) is 0.222. The summed E-state index contributed by atoms with van der Waals surface area (Å²) in [5, 5.41) is 2.15. The summed E-state index contributed by atoms with van der Waals surface area (Å²) in [6.45, 7) is -0.154. The van der Waals surface area contributed by atoms with Crippen molar-refractivity contribution in [3.05, 3.63) is 26.5 Å². The Balaban J connectivity index is 2.48. The number of aromatic nitrogens is 1. The first-order chi connectivity index (χ1) is 7.91. The Morgan fingerprint density at radius 1 is 1.41 bits per heavy atom. The number of alkyl halides is 3. The van der Waals surface area contributed by atoms with E-state index in [0.29, 0.717) is 9.88 Å². The topological polar surface area (TPSA) is 38.9 Å². The smallest absolute Gasteiger partial charge is 0.326 e. The van der Waals surface area contributed by atoms with Gasteiger partial charge in [0, 0.05) is 16.4 Å². The van der Waals surface area contributed by atoms with Gasteiger partial charge in [0.05, 0.1) is 9.75 Å². The second-order valence-corrected chi connectivity index (χ2v) is 6.03. The molecule has 17 heavy (non-hydrogen) atoms. The van der Waals surface area contributed by atoms with E-state index in [-0.39, 0.29) is 11.4 Å². The molecule has 0 atom stereocenters. The molecule has 2 nitrogen and oxygen atoms in total. The number of halogens is 4. The Bertz CT molecular complexity index is 533. The van der Waals surface area contributed by atoms with Crippen LogP contribution in [0.5, 0.6) is 0 Å². The van der Waals surface area contributed by atoms with Gasteiger partial charge in [-0.3, -0.25) is 0 Å². The molecule has 0 radical (unpaired) electrons. The third-order valence-electron chi connectivity index (χ3n) is 1.93. The summed E-state index contributed by atoms with van der Waals surface area (Å²) in [6.07, 6.45) is -4.45. The molecular formula is C9H6BrF3N2S2. The number of hydrogen-bond donors (Lipinski definition) is 1. The quantitative estimate of drug-likeness (QED) is 0.891. The zero-order valence-corrected chi connectivity index (χ0v) is 11.4. The molecule has 0 aromatic carbocycles. The van der Waals surface area contributed by atoms with E-state index >= 15 is 0 Å². The van der Waals surface area contributed by atoms with Gasteiger partial charge in [0.2, 0.25) is 0 Å². The highest BCUT2D eigenvalue weighted by Crippen LogP contribution is 2.39. The molecule has 8 heteroatoms. The maximum atomic E-state index is 12.7. The van der Waals surface area contributed by atoms with Gasteiger partial charge in [0.1, 0.15) is 5.01 Å². The van der Waals surface area contributed by atoms with E-state index in [1.54, 1.807) is 11.4 Å². The summed E-state index contributed by atoms with van der Waals surface area (Å²) in [5.74, 6) is 0. The van der Waals surface area contributed by atoms with Crippen molar-refractivity contribution in [1.82, 2.24) is 4.98 Å². The molecule has 0 spiro atoms. The lowest BCUT2D eigenvalue weighted by molar-refractivity contribution is -0.141. The van der Waals surface area contributed by atoms with Gasteiger partial charge in [0.25, 0.3) is 0 Å². The Morgan fingerprint density at radius 2 is 2.12 bits per heavy atom. The number of thiazole rings is 1. The highest BCUT2D eigenvalue weighted by Gasteiger charge is 2.37. The van der Waals surface area contributed by atoms with Crippen LogP contribution in [0.2, 0.25) is 0 Å². The summed E-state index contributed by atoms with van der Waals surface area (Å²) >= 11 is 5.58. The Labute approximate surface area is 111 Å². The van der Waals surface area contributed by atoms with Crippen LogP contribution in [0.1, 0.15) is 10.6 Å². The fourth-order valence-corrected chi connectivity index (χ4v) is 3.69. The predicted octanol–water partition coefficient (Wildman–Crippen LogP) is 4.11. The highest BCUT2D eigenvalue weighted by atomic mass is 79.9. The second kappa shape index (κ2) is 4.68. The SMILES string of the molecule is NCc1sc(-c2cc(Br)cs2)nc1C(F)(F)F. The van der Waals surface area contributed by atoms with E-state index < -0.39 is 11.9 Å². The molecule has 2 N–H and O–H groups in total. The van der Waals surface area contributed by atoms with E-state index in [2.05, 4.69) is 20.9 Å². The van der Waals surface area contributed by atoms with Gasteiger partial charge in [-0.05, 0) is 22.0 Å². The zero-order valence-electron chi connectivity index (χ0n) is 8.21. The summed E-state index contributed by atoms with van der Waals surface area (Å²) in [4.78, 5) is 4.41. The van der Waals surface area contributed by atoms with E-state index in [9.17, 15) is 13.2 Å². The van der Waals surface area contributed by atoms with Crippen LogP contribution < -0.4 is 5.73 Å². The van der Waals surface area contributed by atoms with Crippen LogP contribution in [0.4, 0.5) is 13.2 Å². The van der Waals surface area contributed by atoms with Crippen LogP contribution in [0.3, 0.4) is 0 Å². The van der Waals surface area contributed by atoms with Crippen molar-refractivity contribution in [3.63, 3.8) is 0 Å². The molecule has 0 saturated heterocycles. The highest BCUT2D eigenvalue weighted by molar-refractivity contribution is 9.10. The van der Waals surface area contributed by atoms with Crippen molar-refractivity contribution < 1.29 is 13.2 Å². The molecule has 0 aliphatic rings. The number of thiophene rings is 1. The standard InChI is InChI=1S/C9H6BrF3N2S2/c10-4-1-5(16-3-4)8-15-7(9(11,12)13)6(2-14)17-8/h1,3H,2,14H2. The number of rotatable bonds is 2. The summed E-state index contributed by atoms with van der Waals surface area (Å²) in [7, 11) is 0. The minimum atomic E-state index is -4.45. The number of nitrogens with zero attached hydrogens (tertiary/aromatic N) is 1. The molecule has 0 saturated carbocycles. The average Bonchev–Trinajstić information content (AvgIpc) is 2.81. The molecule has 0 unspecified atom stereocenters. The van der Waals surface area contributed by atoms with Gasteiger partial charge < -0.3 is 5.73 Å². The van der Waals surface area contributed by atoms with Crippen LogP contribution >= 0.6 is 38.6 Å². The molecule has 0 bridgehead atoms. The van der Waals surface area contributed by atoms with Crippen molar-refractivity contribution in [3.8, 4) is 9.88 Å². The van der Waals surface area contributed by atoms with E-state index in [4.69, 9.17) is 5.73 Å². The molecule has 0 aliphatic carbocycles. The molecule has 0 fully saturated rings. The average molecular weight is 343 g/mol. The molecule has 2 aromatic rings. The third kappa shape index (κ3) is 2.70. The number of hydrogen-bond acceptors (Lipinski definition) is 4. The summed E-state index contributed by atoms with van der Waals surface area (Å²) in [5.41, 5.74) is 4.44. The van der Waals surface area contributed by atoms with Gasteiger partial charge in [-0.15, -0.1) is 22.7 Å². The first-order valence-electron chi connectivity index (χ1n) is 4.43. The first-order valence-corrected chi connectivity index (χ1v) is 6.92. The molecular weight excluding hydrogens is 337 g/mol. The molecule has 2 aromatic heterocycles. The molecule has 0 aliphatic heterocycles. The number of nitrogens with two attached hydrogens (primary N) is 1. The lowest BCUT2D eigenvalue weighted by Crippen LogP contribution is -2.10. The fourth-order valence-electron chi connectivity index (χ4n) is 1.24. The monoisotopic (exact) mass is 342 g/mol. The van der Waals surface area contributed by atoms with Crippen molar-refractivity contribution in [2.24, 2.45) is 5.73 Å². The van der Waals surface area contributed by atoms with Gasteiger partial charge in [-0.25, -0.2) is 4.98 Å². The summed E-state index contributed by atoms with van der Waals surface area (Å²) < 4.78 is 38.8. The Morgan fingerprint density at radius 3 is 2.53 bits per heavy atom. The minimum absolute atomic E-state index is 0.0667. The van der Waals surface area contributed by atoms with Crippen LogP contribution in [0, 0.1) is 0 Å². The van der Waals surface area contributed by atoms with Gasteiger partial charge in [-0.1, -0.05) is 0 Å². The van der Waals surface area contributed by atoms with Crippen molar-refractivity contribution in [2.75, 3.05) is 0 Å². The Kier molecular flexibility index (Phi) is 3.58. The Hall–Kier alpha value is -0.440. The lowest BCUT2D eigenvalue weighted by atomic mass is 10.3. The van der Waals surface area contributed by atoms with Crippen LogP contribution in [0.15, 0.2) is 15.9 Å². The first kappa shape index (κ1) is 13.0. The normalized spacial score (nSPS) is 12.1.